The first-order chi connectivity index (χ1) is 9.56. The highest BCUT2D eigenvalue weighted by Gasteiger charge is 2.28. The molecule has 1 aromatic rings. The Balaban J connectivity index is 1.82. The van der Waals surface area contributed by atoms with E-state index in [4.69, 9.17) is 17.3 Å². The van der Waals surface area contributed by atoms with Gasteiger partial charge in [-0.25, -0.2) is 0 Å². The van der Waals surface area contributed by atoms with Crippen LogP contribution in [0.2, 0.25) is 4.34 Å². The van der Waals surface area contributed by atoms with Crippen LogP contribution in [0, 0.1) is 0 Å². The Morgan fingerprint density at radius 1 is 1.45 bits per heavy atom. The third-order valence-corrected chi connectivity index (χ3v) is 4.61. The number of hydrogen-bond acceptors (Lipinski definition) is 4. The molecule has 0 radical (unpaired) electrons. The van der Waals surface area contributed by atoms with Crippen molar-refractivity contribution in [3.05, 3.63) is 21.3 Å². The molecule has 110 valence electrons. The van der Waals surface area contributed by atoms with Crippen LogP contribution in [0.15, 0.2) is 12.1 Å². The SMILES string of the molecule is NC(=O)C1CCCCN1CC(=O)NCc1ccc(Cl)s1. The van der Waals surface area contributed by atoms with E-state index in [-0.39, 0.29) is 24.4 Å². The maximum absolute atomic E-state index is 11.9. The summed E-state index contributed by atoms with van der Waals surface area (Å²) in [6, 6.07) is 3.38. The summed E-state index contributed by atoms with van der Waals surface area (Å²) in [6.45, 7) is 1.42. The molecule has 0 spiro atoms. The van der Waals surface area contributed by atoms with Crippen molar-refractivity contribution in [1.29, 1.82) is 0 Å². The van der Waals surface area contributed by atoms with E-state index < -0.39 is 0 Å². The van der Waals surface area contributed by atoms with Gasteiger partial charge in [0.15, 0.2) is 0 Å². The molecule has 1 unspecified atom stereocenters. The summed E-state index contributed by atoms with van der Waals surface area (Å²) in [4.78, 5) is 26.2. The number of piperidine rings is 1. The van der Waals surface area contributed by atoms with Crippen LogP contribution in [0.25, 0.3) is 0 Å². The number of carbonyl (C=O) groups is 2. The number of halogens is 1. The Morgan fingerprint density at radius 2 is 2.25 bits per heavy atom. The second-order valence-corrected chi connectivity index (χ2v) is 6.67. The molecule has 1 fully saturated rings. The van der Waals surface area contributed by atoms with Gasteiger partial charge in [-0.2, -0.15) is 0 Å². The highest BCUT2D eigenvalue weighted by Crippen LogP contribution is 2.21. The average molecular weight is 316 g/mol. The summed E-state index contributed by atoms with van der Waals surface area (Å²) in [7, 11) is 0. The minimum absolute atomic E-state index is 0.0947. The van der Waals surface area contributed by atoms with Crippen molar-refractivity contribution < 1.29 is 9.59 Å². The fourth-order valence-electron chi connectivity index (χ4n) is 2.38. The standard InChI is InChI=1S/C13H18ClN3O2S/c14-11-5-4-9(20-11)7-16-12(18)8-17-6-2-1-3-10(17)13(15)19/h4-5,10H,1-3,6-8H2,(H2,15,19)(H,16,18). The van der Waals surface area contributed by atoms with Crippen LogP contribution in [-0.4, -0.2) is 35.8 Å². The summed E-state index contributed by atoms with van der Waals surface area (Å²) < 4.78 is 0.707. The quantitative estimate of drug-likeness (QED) is 0.861. The van der Waals surface area contributed by atoms with E-state index >= 15 is 0 Å². The predicted octanol–water partition coefficient (Wildman–Crippen LogP) is 1.36. The fraction of sp³-hybridized carbons (Fsp3) is 0.538. The maximum Gasteiger partial charge on any atom is 0.234 e. The first-order valence-corrected chi connectivity index (χ1v) is 7.80. The second-order valence-electron chi connectivity index (χ2n) is 4.87. The number of nitrogens with zero attached hydrogens (tertiary/aromatic N) is 1. The molecule has 1 saturated heterocycles. The Kier molecular flexibility index (Phi) is 5.39. The van der Waals surface area contributed by atoms with Gasteiger partial charge >= 0.3 is 0 Å². The zero-order chi connectivity index (χ0) is 14.5. The topological polar surface area (TPSA) is 75.4 Å². The third kappa shape index (κ3) is 4.19. The first kappa shape index (κ1) is 15.3. The summed E-state index contributed by atoms with van der Waals surface area (Å²) in [5.41, 5.74) is 5.38. The molecule has 0 saturated carbocycles. The monoisotopic (exact) mass is 315 g/mol. The molecule has 1 aromatic heterocycles. The Morgan fingerprint density at radius 3 is 2.90 bits per heavy atom. The van der Waals surface area contributed by atoms with Crippen molar-refractivity contribution in [2.24, 2.45) is 5.73 Å². The van der Waals surface area contributed by atoms with Crippen molar-refractivity contribution in [2.75, 3.05) is 13.1 Å². The minimum atomic E-state index is -0.345. The number of rotatable bonds is 5. The van der Waals surface area contributed by atoms with Crippen LogP contribution in [0.4, 0.5) is 0 Å². The highest BCUT2D eigenvalue weighted by molar-refractivity contribution is 7.16. The van der Waals surface area contributed by atoms with Gasteiger partial charge in [-0.1, -0.05) is 18.0 Å². The van der Waals surface area contributed by atoms with Crippen LogP contribution in [0.3, 0.4) is 0 Å². The smallest absolute Gasteiger partial charge is 0.234 e. The van der Waals surface area contributed by atoms with Crippen molar-refractivity contribution >= 4 is 34.8 Å². The zero-order valence-corrected chi connectivity index (χ0v) is 12.7. The van der Waals surface area contributed by atoms with Crippen molar-refractivity contribution in [3.63, 3.8) is 0 Å². The number of likely N-dealkylation sites (tertiary alicyclic amines) is 1. The molecule has 1 aliphatic heterocycles. The van der Waals surface area contributed by atoms with Crippen molar-refractivity contribution in [2.45, 2.75) is 31.8 Å². The van der Waals surface area contributed by atoms with Crippen LogP contribution < -0.4 is 11.1 Å². The number of carbonyl (C=O) groups excluding carboxylic acids is 2. The molecular weight excluding hydrogens is 298 g/mol. The number of hydrogen-bond donors (Lipinski definition) is 2. The first-order valence-electron chi connectivity index (χ1n) is 6.60. The van der Waals surface area contributed by atoms with Crippen molar-refractivity contribution in [3.8, 4) is 0 Å². The van der Waals surface area contributed by atoms with Gasteiger partial charge in [-0.15, -0.1) is 11.3 Å². The van der Waals surface area contributed by atoms with Gasteiger partial charge in [0.05, 0.1) is 23.5 Å². The molecule has 2 heterocycles. The Hall–Kier alpha value is -1.11. The molecule has 1 aliphatic rings. The molecule has 5 nitrogen and oxygen atoms in total. The van der Waals surface area contributed by atoms with E-state index in [9.17, 15) is 9.59 Å². The van der Waals surface area contributed by atoms with Gasteiger partial charge in [-0.3, -0.25) is 14.5 Å². The molecule has 20 heavy (non-hydrogen) atoms. The fourth-order valence-corrected chi connectivity index (χ4v) is 3.40. The van der Waals surface area contributed by atoms with E-state index in [0.717, 1.165) is 30.7 Å². The zero-order valence-electron chi connectivity index (χ0n) is 11.1. The van der Waals surface area contributed by atoms with E-state index in [1.165, 1.54) is 11.3 Å². The number of nitrogens with one attached hydrogen (secondary N) is 1. The van der Waals surface area contributed by atoms with Gasteiger partial charge in [0, 0.05) is 4.88 Å². The van der Waals surface area contributed by atoms with E-state index in [1.54, 1.807) is 0 Å². The Bertz CT molecular complexity index is 492. The maximum atomic E-state index is 11.9. The number of thiophene rings is 1. The van der Waals surface area contributed by atoms with E-state index in [0.29, 0.717) is 10.9 Å². The molecular formula is C13H18ClN3O2S. The lowest BCUT2D eigenvalue weighted by molar-refractivity contribution is -0.128. The van der Waals surface area contributed by atoms with Crippen LogP contribution in [0.5, 0.6) is 0 Å². The number of nitrogens with two attached hydrogens (primary N) is 1. The summed E-state index contributed by atoms with van der Waals surface area (Å²) in [5, 5.41) is 2.84. The van der Waals surface area contributed by atoms with Gasteiger partial charge in [0.1, 0.15) is 0 Å². The molecule has 0 aliphatic carbocycles. The highest BCUT2D eigenvalue weighted by atomic mass is 35.5. The molecule has 0 bridgehead atoms. The van der Waals surface area contributed by atoms with E-state index in [1.807, 2.05) is 17.0 Å². The van der Waals surface area contributed by atoms with Gasteiger partial charge in [0.2, 0.25) is 11.8 Å². The molecule has 2 rings (SSSR count). The molecule has 2 amide bonds. The van der Waals surface area contributed by atoms with Gasteiger partial charge in [0.25, 0.3) is 0 Å². The number of amides is 2. The number of primary amides is 1. The summed E-state index contributed by atoms with van der Waals surface area (Å²) >= 11 is 7.28. The molecule has 7 heteroatoms. The minimum Gasteiger partial charge on any atom is -0.368 e. The second kappa shape index (κ2) is 7.06. The van der Waals surface area contributed by atoms with Crippen molar-refractivity contribution in [1.82, 2.24) is 10.2 Å². The molecule has 3 N–H and O–H groups in total. The summed E-state index contributed by atoms with van der Waals surface area (Å²) in [5.74, 6) is -0.440. The van der Waals surface area contributed by atoms with Crippen LogP contribution in [0.1, 0.15) is 24.1 Å². The molecule has 0 aromatic carbocycles. The van der Waals surface area contributed by atoms with Gasteiger partial charge in [-0.05, 0) is 31.5 Å². The predicted molar refractivity (Wildman–Crippen MR) is 79.6 cm³/mol. The lowest BCUT2D eigenvalue weighted by Crippen LogP contribution is -2.51. The normalized spacial score (nSPS) is 19.8. The third-order valence-electron chi connectivity index (χ3n) is 3.38. The summed E-state index contributed by atoms with van der Waals surface area (Å²) in [6.07, 6.45) is 2.72. The average Bonchev–Trinajstić information content (AvgIpc) is 2.83. The van der Waals surface area contributed by atoms with Gasteiger partial charge < -0.3 is 11.1 Å². The van der Waals surface area contributed by atoms with Crippen LogP contribution in [-0.2, 0) is 16.1 Å². The van der Waals surface area contributed by atoms with Crippen LogP contribution >= 0.6 is 22.9 Å². The largest absolute Gasteiger partial charge is 0.368 e. The lowest BCUT2D eigenvalue weighted by Gasteiger charge is -2.32. The Labute approximate surface area is 127 Å². The molecule has 1 atom stereocenters. The lowest BCUT2D eigenvalue weighted by atomic mass is 10.0. The van der Waals surface area contributed by atoms with E-state index in [2.05, 4.69) is 5.32 Å².